The van der Waals surface area contributed by atoms with Crippen LogP contribution in [0.15, 0.2) is 24.5 Å². The zero-order valence-corrected chi connectivity index (χ0v) is 12.6. The number of nitrogens with zero attached hydrogens (tertiary/aromatic N) is 4. The van der Waals surface area contributed by atoms with Gasteiger partial charge in [-0.1, -0.05) is 6.92 Å². The third kappa shape index (κ3) is 2.51. The fourth-order valence-electron chi connectivity index (χ4n) is 1.99. The monoisotopic (exact) mass is 287 g/mol. The number of aryl methyl sites for hydroxylation is 2. The molecule has 3 rings (SSSR count). The number of anilines is 1. The molecule has 104 valence electrons. The molecule has 0 aliphatic carbocycles. The van der Waals surface area contributed by atoms with Crippen LogP contribution in [0.1, 0.15) is 35.3 Å². The molecule has 20 heavy (non-hydrogen) atoms. The molecule has 1 unspecified atom stereocenters. The highest BCUT2D eigenvalue weighted by atomic mass is 32.1. The van der Waals surface area contributed by atoms with Crippen molar-refractivity contribution in [2.45, 2.75) is 33.2 Å². The molecule has 0 spiro atoms. The van der Waals surface area contributed by atoms with Crippen LogP contribution in [-0.2, 0) is 6.42 Å². The molecule has 3 aromatic rings. The van der Waals surface area contributed by atoms with Crippen molar-refractivity contribution in [2.75, 3.05) is 5.32 Å². The molecule has 3 heterocycles. The Morgan fingerprint density at radius 1 is 1.45 bits per heavy atom. The van der Waals surface area contributed by atoms with Gasteiger partial charge in [-0.25, -0.2) is 9.50 Å². The SMILES string of the molecule is CCc1cnc(C(C)Nc2nc3cc(C)ccn3n2)s1. The number of hydrogen-bond donors (Lipinski definition) is 1. The smallest absolute Gasteiger partial charge is 0.243 e. The van der Waals surface area contributed by atoms with Gasteiger partial charge in [0.15, 0.2) is 5.65 Å². The summed E-state index contributed by atoms with van der Waals surface area (Å²) in [6.07, 6.45) is 4.89. The van der Waals surface area contributed by atoms with Crippen molar-refractivity contribution < 1.29 is 0 Å². The normalized spacial score (nSPS) is 12.8. The highest BCUT2D eigenvalue weighted by Gasteiger charge is 2.12. The Hall–Kier alpha value is -1.95. The molecule has 1 atom stereocenters. The van der Waals surface area contributed by atoms with Crippen LogP contribution in [0.2, 0.25) is 0 Å². The summed E-state index contributed by atoms with van der Waals surface area (Å²) in [6.45, 7) is 6.27. The van der Waals surface area contributed by atoms with Gasteiger partial charge < -0.3 is 5.32 Å². The molecule has 0 aliphatic heterocycles. The number of pyridine rings is 1. The van der Waals surface area contributed by atoms with Gasteiger partial charge in [-0.15, -0.1) is 16.4 Å². The second kappa shape index (κ2) is 5.20. The van der Waals surface area contributed by atoms with Crippen LogP contribution in [0.3, 0.4) is 0 Å². The van der Waals surface area contributed by atoms with Crippen molar-refractivity contribution in [1.82, 2.24) is 19.6 Å². The van der Waals surface area contributed by atoms with Crippen molar-refractivity contribution in [3.8, 4) is 0 Å². The molecule has 0 aliphatic rings. The maximum atomic E-state index is 4.48. The lowest BCUT2D eigenvalue weighted by Crippen LogP contribution is -2.07. The average molecular weight is 287 g/mol. The summed E-state index contributed by atoms with van der Waals surface area (Å²) >= 11 is 1.73. The molecular weight excluding hydrogens is 270 g/mol. The van der Waals surface area contributed by atoms with Crippen LogP contribution >= 0.6 is 11.3 Å². The second-order valence-electron chi connectivity index (χ2n) is 4.83. The first kappa shape index (κ1) is 13.1. The van der Waals surface area contributed by atoms with E-state index < -0.39 is 0 Å². The number of thiazole rings is 1. The molecule has 0 saturated heterocycles. The van der Waals surface area contributed by atoms with E-state index in [2.05, 4.69) is 34.2 Å². The Kier molecular flexibility index (Phi) is 3.40. The molecule has 3 aromatic heterocycles. The number of aromatic nitrogens is 4. The predicted octanol–water partition coefficient (Wildman–Crippen LogP) is 3.23. The van der Waals surface area contributed by atoms with Gasteiger partial charge in [0.1, 0.15) is 5.01 Å². The fourth-order valence-corrected chi connectivity index (χ4v) is 2.85. The molecular formula is C14H17N5S. The van der Waals surface area contributed by atoms with Crippen LogP contribution in [0.5, 0.6) is 0 Å². The van der Waals surface area contributed by atoms with E-state index in [1.54, 1.807) is 15.9 Å². The van der Waals surface area contributed by atoms with E-state index in [0.29, 0.717) is 5.95 Å². The Morgan fingerprint density at radius 3 is 3.05 bits per heavy atom. The largest absolute Gasteiger partial charge is 0.344 e. The molecule has 0 bridgehead atoms. The van der Waals surface area contributed by atoms with E-state index in [1.165, 1.54) is 10.4 Å². The van der Waals surface area contributed by atoms with E-state index in [0.717, 1.165) is 17.1 Å². The zero-order valence-electron chi connectivity index (χ0n) is 11.8. The first-order valence-corrected chi connectivity index (χ1v) is 7.51. The van der Waals surface area contributed by atoms with E-state index in [9.17, 15) is 0 Å². The van der Waals surface area contributed by atoms with Gasteiger partial charge in [-0.3, -0.25) is 0 Å². The van der Waals surface area contributed by atoms with Gasteiger partial charge in [0.25, 0.3) is 0 Å². The van der Waals surface area contributed by atoms with Crippen LogP contribution in [0.4, 0.5) is 5.95 Å². The summed E-state index contributed by atoms with van der Waals surface area (Å²) in [4.78, 5) is 10.2. The van der Waals surface area contributed by atoms with Crippen LogP contribution in [0, 0.1) is 6.92 Å². The van der Waals surface area contributed by atoms with E-state index in [4.69, 9.17) is 0 Å². The highest BCUT2D eigenvalue weighted by Crippen LogP contribution is 2.23. The second-order valence-corrected chi connectivity index (χ2v) is 5.97. The van der Waals surface area contributed by atoms with Crippen molar-refractivity contribution in [1.29, 1.82) is 0 Å². The van der Waals surface area contributed by atoms with Crippen LogP contribution in [0.25, 0.3) is 5.65 Å². The Bertz CT molecular complexity index is 730. The summed E-state index contributed by atoms with van der Waals surface area (Å²) in [6, 6.07) is 4.14. The topological polar surface area (TPSA) is 55.1 Å². The minimum Gasteiger partial charge on any atom is -0.344 e. The first-order chi connectivity index (χ1) is 9.65. The lowest BCUT2D eigenvalue weighted by Gasteiger charge is -2.08. The van der Waals surface area contributed by atoms with Gasteiger partial charge in [-0.05, 0) is 38.0 Å². The van der Waals surface area contributed by atoms with Gasteiger partial charge in [0.2, 0.25) is 5.95 Å². The van der Waals surface area contributed by atoms with Crippen LogP contribution < -0.4 is 5.32 Å². The maximum Gasteiger partial charge on any atom is 0.243 e. The number of fused-ring (bicyclic) bond motifs is 1. The van der Waals surface area contributed by atoms with E-state index in [-0.39, 0.29) is 6.04 Å². The summed E-state index contributed by atoms with van der Waals surface area (Å²) in [5.41, 5.74) is 2.03. The molecule has 1 N–H and O–H groups in total. The van der Waals surface area contributed by atoms with Crippen molar-refractivity contribution in [2.24, 2.45) is 0 Å². The number of hydrogen-bond acceptors (Lipinski definition) is 5. The Morgan fingerprint density at radius 2 is 2.30 bits per heavy atom. The summed E-state index contributed by atoms with van der Waals surface area (Å²) in [5, 5.41) is 8.79. The maximum absolute atomic E-state index is 4.48. The summed E-state index contributed by atoms with van der Waals surface area (Å²) in [5.74, 6) is 0.636. The molecule has 0 radical (unpaired) electrons. The molecule has 0 amide bonds. The lowest BCUT2D eigenvalue weighted by molar-refractivity contribution is 0.842. The van der Waals surface area contributed by atoms with E-state index >= 15 is 0 Å². The molecule has 0 fully saturated rings. The third-order valence-corrected chi connectivity index (χ3v) is 4.45. The Labute approximate surface area is 121 Å². The third-order valence-electron chi connectivity index (χ3n) is 3.13. The molecule has 0 aromatic carbocycles. The highest BCUT2D eigenvalue weighted by molar-refractivity contribution is 7.11. The minimum atomic E-state index is 0.110. The molecule has 5 nitrogen and oxygen atoms in total. The van der Waals surface area contributed by atoms with Crippen molar-refractivity contribution in [3.63, 3.8) is 0 Å². The van der Waals surface area contributed by atoms with Crippen molar-refractivity contribution >= 4 is 22.9 Å². The summed E-state index contributed by atoms with van der Waals surface area (Å²) < 4.78 is 1.78. The Balaban J connectivity index is 1.81. The van der Waals surface area contributed by atoms with E-state index in [1.807, 2.05) is 31.5 Å². The van der Waals surface area contributed by atoms with Crippen molar-refractivity contribution in [3.05, 3.63) is 40.0 Å². The zero-order chi connectivity index (χ0) is 14.1. The fraction of sp³-hybridized carbons (Fsp3) is 0.357. The standard InChI is InChI=1S/C14H17N5S/c1-4-11-8-15-13(20-11)10(3)16-14-17-12-7-9(2)5-6-19(12)18-14/h5-8,10H,4H2,1-3H3,(H,16,18). The summed E-state index contributed by atoms with van der Waals surface area (Å²) in [7, 11) is 0. The average Bonchev–Trinajstić information content (AvgIpc) is 3.03. The van der Waals surface area contributed by atoms with Gasteiger partial charge in [0, 0.05) is 17.3 Å². The minimum absolute atomic E-state index is 0.110. The van der Waals surface area contributed by atoms with Crippen LogP contribution in [-0.4, -0.2) is 19.6 Å². The quantitative estimate of drug-likeness (QED) is 0.800. The van der Waals surface area contributed by atoms with Gasteiger partial charge in [-0.2, -0.15) is 4.98 Å². The molecule has 6 heteroatoms. The van der Waals surface area contributed by atoms with Gasteiger partial charge in [0.05, 0.1) is 6.04 Å². The first-order valence-electron chi connectivity index (χ1n) is 6.70. The van der Waals surface area contributed by atoms with Gasteiger partial charge >= 0.3 is 0 Å². The predicted molar refractivity (Wildman–Crippen MR) is 81.3 cm³/mol. The number of nitrogens with one attached hydrogen (secondary N) is 1. The number of rotatable bonds is 4. The molecule has 0 saturated carbocycles. The lowest BCUT2D eigenvalue weighted by atomic mass is 10.3.